The Bertz CT molecular complexity index is 945. The van der Waals surface area contributed by atoms with Crippen molar-refractivity contribution in [2.75, 3.05) is 25.2 Å². The van der Waals surface area contributed by atoms with Gasteiger partial charge in [-0.3, -0.25) is 4.99 Å². The van der Waals surface area contributed by atoms with Crippen molar-refractivity contribution in [2.24, 2.45) is 4.99 Å². The third kappa shape index (κ3) is 4.89. The minimum atomic E-state index is -0.386. The number of anilines is 1. The normalized spacial score (nSPS) is 15.8. The van der Waals surface area contributed by atoms with Crippen LogP contribution in [0.25, 0.3) is 0 Å². The Morgan fingerprint density at radius 3 is 2.43 bits per heavy atom. The van der Waals surface area contributed by atoms with Gasteiger partial charge in [0.2, 0.25) is 0 Å². The zero-order chi connectivity index (χ0) is 19.8. The second kappa shape index (κ2) is 9.57. The van der Waals surface area contributed by atoms with Crippen molar-refractivity contribution in [2.45, 2.75) is 13.5 Å². The lowest BCUT2D eigenvalue weighted by Crippen LogP contribution is -2.25. The molecule has 3 rings (SSSR count). The van der Waals surface area contributed by atoms with Crippen LogP contribution in [0, 0.1) is 11.8 Å². The van der Waals surface area contributed by atoms with Gasteiger partial charge in [0, 0.05) is 37.0 Å². The van der Waals surface area contributed by atoms with Crippen LogP contribution in [0.15, 0.2) is 83.0 Å². The van der Waals surface area contributed by atoms with E-state index in [4.69, 9.17) is 0 Å². The third-order valence-electron chi connectivity index (χ3n) is 4.51. The first-order valence-corrected chi connectivity index (χ1v) is 9.32. The maximum Gasteiger partial charge on any atom is 0.132 e. The molecule has 0 radical (unpaired) electrons. The average molecular weight is 373 g/mol. The van der Waals surface area contributed by atoms with E-state index in [0.717, 1.165) is 33.9 Å². The Kier molecular flexibility index (Phi) is 6.64. The summed E-state index contributed by atoms with van der Waals surface area (Å²) < 4.78 is 13.0. The fraction of sp³-hybridized carbons (Fsp3) is 0.208. The lowest BCUT2D eigenvalue weighted by Gasteiger charge is -2.23. The molecule has 1 aliphatic rings. The number of aliphatic imine (C=N–C) groups is 1. The van der Waals surface area contributed by atoms with Gasteiger partial charge in [-0.15, -0.1) is 0 Å². The average Bonchev–Trinajstić information content (AvgIpc) is 3.15. The predicted molar refractivity (Wildman–Crippen MR) is 115 cm³/mol. The van der Waals surface area contributed by atoms with Gasteiger partial charge in [-0.25, -0.2) is 4.39 Å². The minimum absolute atomic E-state index is 0.363. The molecule has 2 aromatic carbocycles. The number of rotatable bonds is 5. The van der Waals surface area contributed by atoms with Gasteiger partial charge in [-0.2, -0.15) is 0 Å². The fourth-order valence-electron chi connectivity index (χ4n) is 3.03. The van der Waals surface area contributed by atoms with E-state index in [1.165, 1.54) is 0 Å². The van der Waals surface area contributed by atoms with Crippen molar-refractivity contribution in [3.05, 3.63) is 89.1 Å². The molecule has 4 heteroatoms. The number of nitrogens with zero attached hydrogens (tertiary/aromatic N) is 2. The number of hydrogen-bond donors (Lipinski definition) is 1. The van der Waals surface area contributed by atoms with Crippen molar-refractivity contribution in [3.63, 3.8) is 0 Å². The molecule has 3 nitrogen and oxygen atoms in total. The molecule has 0 aromatic heterocycles. The lowest BCUT2D eigenvalue weighted by atomic mass is 10.1. The summed E-state index contributed by atoms with van der Waals surface area (Å²) in [5, 5.41) is 3.20. The smallest absolute Gasteiger partial charge is 0.132 e. The zero-order valence-corrected chi connectivity index (χ0v) is 16.2. The van der Waals surface area contributed by atoms with E-state index in [1.54, 1.807) is 7.05 Å². The van der Waals surface area contributed by atoms with Crippen LogP contribution in [0.5, 0.6) is 0 Å². The number of alkyl halides is 1. The molecule has 0 amide bonds. The Hall–Kier alpha value is -3.32. The highest BCUT2D eigenvalue weighted by Gasteiger charge is 2.12. The maximum atomic E-state index is 13.0. The van der Waals surface area contributed by atoms with Crippen LogP contribution in [-0.4, -0.2) is 26.1 Å². The SMILES string of the molecule is C/C=C1/C=C(C#Cc2ccc(N(CCF)Cc3ccccc3)cc2)N/C1=N/C. The van der Waals surface area contributed by atoms with Gasteiger partial charge in [-0.1, -0.05) is 42.3 Å². The molecule has 0 atom stereocenters. The minimum Gasteiger partial charge on any atom is -0.365 e. The van der Waals surface area contributed by atoms with Crippen LogP contribution in [-0.2, 0) is 6.54 Å². The molecular weight excluding hydrogens is 349 g/mol. The Morgan fingerprint density at radius 2 is 1.82 bits per heavy atom. The van der Waals surface area contributed by atoms with E-state index in [9.17, 15) is 4.39 Å². The topological polar surface area (TPSA) is 27.6 Å². The van der Waals surface area contributed by atoms with Gasteiger partial charge in [0.05, 0.1) is 5.70 Å². The number of halogens is 1. The van der Waals surface area contributed by atoms with Crippen LogP contribution in [0.1, 0.15) is 18.1 Å². The first-order chi connectivity index (χ1) is 13.7. The van der Waals surface area contributed by atoms with Crippen LogP contribution in [0.2, 0.25) is 0 Å². The molecule has 2 aromatic rings. The molecule has 0 unspecified atom stereocenters. The van der Waals surface area contributed by atoms with Crippen LogP contribution >= 0.6 is 0 Å². The van der Waals surface area contributed by atoms with Gasteiger partial charge in [0.1, 0.15) is 12.5 Å². The van der Waals surface area contributed by atoms with Crippen molar-refractivity contribution in [1.29, 1.82) is 0 Å². The molecular formula is C24H24FN3. The maximum absolute atomic E-state index is 13.0. The first-order valence-electron chi connectivity index (χ1n) is 9.32. The summed E-state index contributed by atoms with van der Waals surface area (Å²) in [6.07, 6.45) is 4.00. The number of nitrogens with one attached hydrogen (secondary N) is 1. The van der Waals surface area contributed by atoms with Gasteiger partial charge >= 0.3 is 0 Å². The number of allylic oxidation sites excluding steroid dienone is 2. The Balaban J connectivity index is 1.72. The summed E-state index contributed by atoms with van der Waals surface area (Å²) in [5.74, 6) is 7.15. The molecule has 0 spiro atoms. The molecule has 0 saturated heterocycles. The molecule has 1 N–H and O–H groups in total. The summed E-state index contributed by atoms with van der Waals surface area (Å²) >= 11 is 0. The number of hydrogen-bond acceptors (Lipinski definition) is 2. The summed E-state index contributed by atoms with van der Waals surface area (Å²) in [6.45, 7) is 2.63. The van der Waals surface area contributed by atoms with Crippen LogP contribution < -0.4 is 10.2 Å². The van der Waals surface area contributed by atoms with E-state index in [1.807, 2.05) is 66.4 Å². The van der Waals surface area contributed by atoms with Crippen LogP contribution in [0.4, 0.5) is 10.1 Å². The molecule has 0 bridgehead atoms. The highest BCUT2D eigenvalue weighted by Crippen LogP contribution is 2.18. The van der Waals surface area contributed by atoms with E-state index >= 15 is 0 Å². The summed E-state index contributed by atoms with van der Waals surface area (Å²) in [6, 6.07) is 18.0. The van der Waals surface area contributed by atoms with Crippen molar-refractivity contribution in [1.82, 2.24) is 5.32 Å². The third-order valence-corrected chi connectivity index (χ3v) is 4.51. The monoisotopic (exact) mass is 373 g/mol. The second-order valence-corrected chi connectivity index (χ2v) is 6.39. The van der Waals surface area contributed by atoms with Crippen molar-refractivity contribution < 1.29 is 4.39 Å². The largest absolute Gasteiger partial charge is 0.365 e. The predicted octanol–water partition coefficient (Wildman–Crippen LogP) is 4.48. The Labute approximate surface area is 166 Å². The highest BCUT2D eigenvalue weighted by molar-refractivity contribution is 6.05. The van der Waals surface area contributed by atoms with E-state index in [-0.39, 0.29) is 6.67 Å². The number of amidine groups is 1. The lowest BCUT2D eigenvalue weighted by molar-refractivity contribution is 0.489. The second-order valence-electron chi connectivity index (χ2n) is 6.39. The van der Waals surface area contributed by atoms with Gasteiger partial charge < -0.3 is 10.2 Å². The van der Waals surface area contributed by atoms with E-state index in [2.05, 4.69) is 34.3 Å². The highest BCUT2D eigenvalue weighted by atomic mass is 19.1. The number of benzene rings is 2. The fourth-order valence-corrected chi connectivity index (χ4v) is 3.03. The van der Waals surface area contributed by atoms with Crippen molar-refractivity contribution >= 4 is 11.5 Å². The molecule has 142 valence electrons. The van der Waals surface area contributed by atoms with E-state index in [0.29, 0.717) is 13.1 Å². The molecule has 0 saturated carbocycles. The molecule has 1 aliphatic heterocycles. The Morgan fingerprint density at radius 1 is 1.07 bits per heavy atom. The summed E-state index contributed by atoms with van der Waals surface area (Å²) in [5.41, 5.74) is 4.94. The van der Waals surface area contributed by atoms with Crippen molar-refractivity contribution in [3.8, 4) is 11.8 Å². The zero-order valence-electron chi connectivity index (χ0n) is 16.2. The van der Waals surface area contributed by atoms with Gasteiger partial charge in [0.25, 0.3) is 0 Å². The summed E-state index contributed by atoms with van der Waals surface area (Å²) in [4.78, 5) is 6.25. The van der Waals surface area contributed by atoms with E-state index < -0.39 is 0 Å². The molecule has 0 fully saturated rings. The standard InChI is InChI=1S/C24H24FN3/c1-3-21-17-22(27-24(21)26-2)12-9-19-10-13-23(14-11-19)28(16-15-25)18-20-7-5-4-6-8-20/h3-8,10-11,13-14,17H,15-16,18H2,1-2H3,(H,26,27)/b21-3-. The summed E-state index contributed by atoms with van der Waals surface area (Å²) in [7, 11) is 1.76. The van der Waals surface area contributed by atoms with Crippen LogP contribution in [0.3, 0.4) is 0 Å². The van der Waals surface area contributed by atoms with Gasteiger partial charge in [0.15, 0.2) is 0 Å². The quantitative estimate of drug-likeness (QED) is 0.783. The first kappa shape index (κ1) is 19.4. The molecule has 0 aliphatic carbocycles. The van der Waals surface area contributed by atoms with Gasteiger partial charge in [-0.05, 0) is 48.7 Å². The molecule has 1 heterocycles. The molecule has 28 heavy (non-hydrogen) atoms.